The van der Waals surface area contributed by atoms with Crippen molar-refractivity contribution < 1.29 is 9.18 Å². The van der Waals surface area contributed by atoms with Crippen molar-refractivity contribution in [3.8, 4) is 0 Å². The Bertz CT molecular complexity index is 452. The summed E-state index contributed by atoms with van der Waals surface area (Å²) in [5.74, 6) is -0.0940. The van der Waals surface area contributed by atoms with Crippen LogP contribution in [0, 0.1) is 5.82 Å². The van der Waals surface area contributed by atoms with Crippen molar-refractivity contribution in [2.75, 3.05) is 43.9 Å². The van der Waals surface area contributed by atoms with Crippen molar-refractivity contribution in [1.29, 1.82) is 0 Å². The molecule has 1 amide bonds. The topological polar surface area (TPSA) is 61.4 Å². The largest absolute Gasteiger partial charge is 0.354 e. The molecule has 0 unspecified atom stereocenters. The van der Waals surface area contributed by atoms with Gasteiger partial charge in [-0.3, -0.25) is 4.79 Å². The van der Waals surface area contributed by atoms with Crippen molar-refractivity contribution in [3.63, 3.8) is 0 Å². The number of likely N-dealkylation sites (N-methyl/N-ethyl adjacent to an activating group) is 1. The van der Waals surface area contributed by atoms with E-state index in [1.54, 1.807) is 19.0 Å². The van der Waals surface area contributed by atoms with Gasteiger partial charge >= 0.3 is 0 Å². The van der Waals surface area contributed by atoms with Gasteiger partial charge in [-0.1, -0.05) is 6.92 Å². The Balaban J connectivity index is 3.00. The molecule has 0 saturated carbocycles. The molecule has 0 spiro atoms. The standard InChI is InChI=1S/C13H22FN5O/c1-5-7-19(9-11(20)18(3)4)12-10(14)8-16-13(17-12)15-6-2/h8H,5-7,9H2,1-4H3,(H,15,16,17). The van der Waals surface area contributed by atoms with Crippen LogP contribution in [-0.2, 0) is 4.79 Å². The number of nitrogens with one attached hydrogen (secondary N) is 1. The number of amides is 1. The van der Waals surface area contributed by atoms with Gasteiger partial charge in [0.1, 0.15) is 0 Å². The lowest BCUT2D eigenvalue weighted by atomic mass is 10.3. The number of halogens is 1. The average Bonchev–Trinajstić information content (AvgIpc) is 2.40. The van der Waals surface area contributed by atoms with E-state index in [4.69, 9.17) is 0 Å². The van der Waals surface area contributed by atoms with Gasteiger partial charge in [0.15, 0.2) is 11.6 Å². The Kier molecular flexibility index (Phi) is 6.14. The molecule has 20 heavy (non-hydrogen) atoms. The fraction of sp³-hybridized carbons (Fsp3) is 0.615. The first-order valence-corrected chi connectivity index (χ1v) is 6.71. The zero-order valence-electron chi connectivity index (χ0n) is 12.5. The molecule has 0 bridgehead atoms. The minimum absolute atomic E-state index is 0.0959. The van der Waals surface area contributed by atoms with Crippen LogP contribution in [0.1, 0.15) is 20.3 Å². The van der Waals surface area contributed by atoms with Gasteiger partial charge in [0, 0.05) is 27.2 Å². The van der Waals surface area contributed by atoms with E-state index in [1.165, 1.54) is 4.90 Å². The lowest BCUT2D eigenvalue weighted by Crippen LogP contribution is -2.38. The summed E-state index contributed by atoms with van der Waals surface area (Å²) in [6.45, 7) is 5.18. The van der Waals surface area contributed by atoms with Gasteiger partial charge in [0.2, 0.25) is 11.9 Å². The van der Waals surface area contributed by atoms with E-state index in [-0.39, 0.29) is 18.3 Å². The van der Waals surface area contributed by atoms with E-state index in [0.29, 0.717) is 19.0 Å². The highest BCUT2D eigenvalue weighted by Crippen LogP contribution is 2.17. The molecule has 0 atom stereocenters. The molecule has 0 aliphatic carbocycles. The summed E-state index contributed by atoms with van der Waals surface area (Å²) in [5.41, 5.74) is 0. The fourth-order valence-corrected chi connectivity index (χ4v) is 1.66. The van der Waals surface area contributed by atoms with Crippen LogP contribution in [0.5, 0.6) is 0 Å². The van der Waals surface area contributed by atoms with Crippen molar-refractivity contribution >= 4 is 17.7 Å². The molecule has 7 heteroatoms. The van der Waals surface area contributed by atoms with E-state index in [1.807, 2.05) is 13.8 Å². The second kappa shape index (κ2) is 7.62. The first-order chi connectivity index (χ1) is 9.49. The second-order valence-corrected chi connectivity index (χ2v) is 4.61. The van der Waals surface area contributed by atoms with Crippen LogP contribution < -0.4 is 10.2 Å². The quantitative estimate of drug-likeness (QED) is 0.818. The van der Waals surface area contributed by atoms with Gasteiger partial charge in [-0.25, -0.2) is 9.37 Å². The Hall–Kier alpha value is -1.92. The van der Waals surface area contributed by atoms with Gasteiger partial charge in [-0.15, -0.1) is 0 Å². The van der Waals surface area contributed by atoms with Crippen LogP contribution in [0.2, 0.25) is 0 Å². The number of aromatic nitrogens is 2. The number of carbonyl (C=O) groups excluding carboxylic acids is 1. The predicted molar refractivity (Wildman–Crippen MR) is 77.4 cm³/mol. The monoisotopic (exact) mass is 283 g/mol. The van der Waals surface area contributed by atoms with Crippen LogP contribution in [0.3, 0.4) is 0 Å². The number of hydrogen-bond acceptors (Lipinski definition) is 5. The lowest BCUT2D eigenvalue weighted by Gasteiger charge is -2.24. The Morgan fingerprint density at radius 2 is 2.10 bits per heavy atom. The molecular weight excluding hydrogens is 261 g/mol. The average molecular weight is 283 g/mol. The molecule has 1 heterocycles. The third kappa shape index (κ3) is 4.32. The molecule has 1 aromatic rings. The van der Waals surface area contributed by atoms with Crippen LogP contribution in [0.15, 0.2) is 6.20 Å². The first kappa shape index (κ1) is 16.1. The summed E-state index contributed by atoms with van der Waals surface area (Å²) >= 11 is 0. The zero-order valence-corrected chi connectivity index (χ0v) is 12.5. The number of nitrogens with zero attached hydrogens (tertiary/aromatic N) is 4. The first-order valence-electron chi connectivity index (χ1n) is 6.71. The van der Waals surface area contributed by atoms with Crippen molar-refractivity contribution in [2.45, 2.75) is 20.3 Å². The normalized spacial score (nSPS) is 10.2. The van der Waals surface area contributed by atoms with Gasteiger partial charge < -0.3 is 15.1 Å². The molecule has 0 saturated heterocycles. The number of hydrogen-bond donors (Lipinski definition) is 1. The van der Waals surface area contributed by atoms with E-state index in [0.717, 1.165) is 12.6 Å². The minimum atomic E-state index is -0.522. The second-order valence-electron chi connectivity index (χ2n) is 4.61. The molecule has 1 aromatic heterocycles. The van der Waals surface area contributed by atoms with Crippen LogP contribution >= 0.6 is 0 Å². The zero-order chi connectivity index (χ0) is 15.1. The molecule has 0 aromatic carbocycles. The third-order valence-electron chi connectivity index (χ3n) is 2.68. The highest BCUT2D eigenvalue weighted by Gasteiger charge is 2.18. The van der Waals surface area contributed by atoms with E-state index < -0.39 is 5.82 Å². The maximum absolute atomic E-state index is 13.9. The summed E-state index contributed by atoms with van der Waals surface area (Å²) in [5, 5.41) is 2.94. The summed E-state index contributed by atoms with van der Waals surface area (Å²) < 4.78 is 13.9. The molecule has 0 aliphatic heterocycles. The Morgan fingerprint density at radius 1 is 1.40 bits per heavy atom. The molecule has 0 radical (unpaired) electrons. The van der Waals surface area contributed by atoms with Crippen molar-refractivity contribution in [1.82, 2.24) is 14.9 Å². The van der Waals surface area contributed by atoms with Crippen LogP contribution in [0.4, 0.5) is 16.2 Å². The van der Waals surface area contributed by atoms with Gasteiger partial charge in [-0.05, 0) is 13.3 Å². The molecule has 112 valence electrons. The highest BCUT2D eigenvalue weighted by atomic mass is 19.1. The van der Waals surface area contributed by atoms with Crippen molar-refractivity contribution in [2.24, 2.45) is 0 Å². The van der Waals surface area contributed by atoms with E-state index in [9.17, 15) is 9.18 Å². The predicted octanol–water partition coefficient (Wildman–Crippen LogP) is 1.35. The van der Waals surface area contributed by atoms with Gasteiger partial charge in [0.25, 0.3) is 0 Å². The summed E-state index contributed by atoms with van der Waals surface area (Å²) in [7, 11) is 3.35. The Morgan fingerprint density at radius 3 is 2.65 bits per heavy atom. The van der Waals surface area contributed by atoms with Gasteiger partial charge in [0.05, 0.1) is 12.7 Å². The maximum Gasteiger partial charge on any atom is 0.241 e. The Labute approximate surface area is 119 Å². The summed E-state index contributed by atoms with van der Waals surface area (Å²) in [4.78, 5) is 23.0. The summed E-state index contributed by atoms with van der Waals surface area (Å²) in [6.07, 6.45) is 1.92. The number of rotatable bonds is 7. The molecule has 0 aliphatic rings. The fourth-order valence-electron chi connectivity index (χ4n) is 1.66. The molecule has 1 N–H and O–H groups in total. The van der Waals surface area contributed by atoms with E-state index >= 15 is 0 Å². The summed E-state index contributed by atoms with van der Waals surface area (Å²) in [6, 6.07) is 0. The molecule has 6 nitrogen and oxygen atoms in total. The van der Waals surface area contributed by atoms with Crippen molar-refractivity contribution in [3.05, 3.63) is 12.0 Å². The molecule has 0 fully saturated rings. The van der Waals surface area contributed by atoms with Crippen LogP contribution in [-0.4, -0.2) is 54.5 Å². The molecule has 1 rings (SSSR count). The number of carbonyl (C=O) groups is 1. The smallest absolute Gasteiger partial charge is 0.241 e. The maximum atomic E-state index is 13.9. The third-order valence-corrected chi connectivity index (χ3v) is 2.68. The highest BCUT2D eigenvalue weighted by molar-refractivity contribution is 5.80. The number of anilines is 2. The lowest BCUT2D eigenvalue weighted by molar-refractivity contribution is -0.127. The minimum Gasteiger partial charge on any atom is -0.354 e. The molecular formula is C13H22FN5O. The SMILES string of the molecule is CCCN(CC(=O)N(C)C)c1nc(NCC)ncc1F. The van der Waals surface area contributed by atoms with Crippen LogP contribution in [0.25, 0.3) is 0 Å². The van der Waals surface area contributed by atoms with Gasteiger partial charge in [-0.2, -0.15) is 4.98 Å². The van der Waals surface area contributed by atoms with E-state index in [2.05, 4.69) is 15.3 Å².